The number of rotatable bonds is 5. The van der Waals surface area contributed by atoms with Crippen LogP contribution in [0.1, 0.15) is 28.4 Å². The van der Waals surface area contributed by atoms with Gasteiger partial charge in [0, 0.05) is 0 Å². The fraction of sp³-hybridized carbons (Fsp3) is 0.214. The van der Waals surface area contributed by atoms with Crippen LogP contribution in [0.3, 0.4) is 0 Å². The van der Waals surface area contributed by atoms with Crippen molar-refractivity contribution in [3.8, 4) is 6.07 Å². The Bertz CT molecular complexity index is 817. The second kappa shape index (κ2) is 6.41. The number of nitrogens with zero attached hydrogens (tertiary/aromatic N) is 2. The van der Waals surface area contributed by atoms with Crippen molar-refractivity contribution in [3.05, 3.63) is 47.2 Å². The zero-order valence-corrected chi connectivity index (χ0v) is 12.6. The van der Waals surface area contributed by atoms with Crippen LogP contribution >= 0.6 is 0 Å². The largest absolute Gasteiger partial charge is 0.462 e. The zero-order chi connectivity index (χ0) is 16.2. The monoisotopic (exact) mass is 319 g/mol. The lowest BCUT2D eigenvalue weighted by molar-refractivity contribution is 0.0522. The molecule has 0 aliphatic rings. The van der Waals surface area contributed by atoms with Gasteiger partial charge in [-0.3, -0.25) is 5.10 Å². The lowest BCUT2D eigenvalue weighted by Gasteiger charge is -2.05. The summed E-state index contributed by atoms with van der Waals surface area (Å²) in [7, 11) is -3.79. The lowest BCUT2D eigenvalue weighted by atomic mass is 10.2. The van der Waals surface area contributed by atoms with Gasteiger partial charge in [0.1, 0.15) is 5.56 Å². The van der Waals surface area contributed by atoms with Crippen molar-refractivity contribution in [1.29, 1.82) is 5.26 Å². The quantitative estimate of drug-likeness (QED) is 0.834. The third-order valence-corrected chi connectivity index (χ3v) is 4.50. The highest BCUT2D eigenvalue weighted by atomic mass is 32.2. The smallest absolute Gasteiger partial charge is 0.342 e. The molecule has 2 rings (SSSR count). The molecule has 1 aromatic heterocycles. The standard InChI is InChI=1S/C14H13N3O4S/c1-2-21-14(18)12-8-16-17-13(12)22(19,20)9-11-5-3-10(7-15)4-6-11/h3-6,8H,2,9H2,1H3,(H,16,17). The Morgan fingerprint density at radius 1 is 1.36 bits per heavy atom. The van der Waals surface area contributed by atoms with E-state index >= 15 is 0 Å². The van der Waals surface area contributed by atoms with Crippen LogP contribution in [0.15, 0.2) is 35.5 Å². The minimum absolute atomic E-state index is 0.115. The van der Waals surface area contributed by atoms with E-state index < -0.39 is 15.8 Å². The normalized spacial score (nSPS) is 10.9. The Balaban J connectivity index is 2.29. The Kier molecular flexibility index (Phi) is 4.58. The van der Waals surface area contributed by atoms with Gasteiger partial charge in [-0.05, 0) is 24.6 Å². The van der Waals surface area contributed by atoms with Gasteiger partial charge in [-0.1, -0.05) is 12.1 Å². The van der Waals surface area contributed by atoms with Crippen LogP contribution < -0.4 is 0 Å². The number of ether oxygens (including phenoxy) is 1. The maximum Gasteiger partial charge on any atom is 0.342 e. The number of hydrogen-bond donors (Lipinski definition) is 1. The van der Waals surface area contributed by atoms with Gasteiger partial charge < -0.3 is 4.74 Å². The second-order valence-electron chi connectivity index (χ2n) is 4.40. The minimum Gasteiger partial charge on any atom is -0.462 e. The van der Waals surface area contributed by atoms with E-state index in [0.717, 1.165) is 6.20 Å². The summed E-state index contributed by atoms with van der Waals surface area (Å²) in [6.07, 6.45) is 1.13. The maximum absolute atomic E-state index is 12.4. The first-order chi connectivity index (χ1) is 10.5. The summed E-state index contributed by atoms with van der Waals surface area (Å²) in [5.74, 6) is -1.05. The predicted octanol–water partition coefficient (Wildman–Crippen LogP) is 1.43. The van der Waals surface area contributed by atoms with Gasteiger partial charge in [0.2, 0.25) is 0 Å². The van der Waals surface area contributed by atoms with Gasteiger partial charge in [-0.2, -0.15) is 10.4 Å². The average Bonchev–Trinajstić information content (AvgIpc) is 2.98. The number of esters is 1. The Morgan fingerprint density at radius 3 is 2.64 bits per heavy atom. The molecule has 0 bridgehead atoms. The molecular weight excluding hydrogens is 306 g/mol. The summed E-state index contributed by atoms with van der Waals surface area (Å²) < 4.78 is 29.6. The van der Waals surface area contributed by atoms with Gasteiger partial charge in [0.05, 0.1) is 30.2 Å². The van der Waals surface area contributed by atoms with Crippen molar-refractivity contribution >= 4 is 15.8 Å². The van der Waals surface area contributed by atoms with Crippen LogP contribution in [0, 0.1) is 11.3 Å². The van der Waals surface area contributed by atoms with E-state index in [2.05, 4.69) is 10.2 Å². The first-order valence-electron chi connectivity index (χ1n) is 6.40. The molecular formula is C14H13N3O4S. The number of benzene rings is 1. The summed E-state index contributed by atoms with van der Waals surface area (Å²) in [5.41, 5.74) is 0.828. The molecule has 0 aliphatic heterocycles. The molecule has 22 heavy (non-hydrogen) atoms. The zero-order valence-electron chi connectivity index (χ0n) is 11.7. The molecule has 0 radical (unpaired) electrons. The number of aromatic nitrogens is 2. The summed E-state index contributed by atoms with van der Waals surface area (Å²) in [6, 6.07) is 8.12. The Hall–Kier alpha value is -2.66. The van der Waals surface area contributed by atoms with Crippen LogP contribution in [-0.2, 0) is 20.3 Å². The van der Waals surface area contributed by atoms with Crippen molar-refractivity contribution in [2.45, 2.75) is 17.7 Å². The van der Waals surface area contributed by atoms with E-state index in [1.165, 1.54) is 12.1 Å². The molecule has 0 amide bonds. The van der Waals surface area contributed by atoms with E-state index in [1.807, 2.05) is 6.07 Å². The molecule has 8 heteroatoms. The summed E-state index contributed by atoms with van der Waals surface area (Å²) in [5, 5.41) is 14.4. The number of nitriles is 1. The van der Waals surface area contributed by atoms with Gasteiger partial charge in [-0.25, -0.2) is 13.2 Å². The van der Waals surface area contributed by atoms with Crippen molar-refractivity contribution in [1.82, 2.24) is 10.2 Å². The molecule has 2 aromatic rings. The molecule has 114 valence electrons. The molecule has 1 heterocycles. The predicted molar refractivity (Wildman–Crippen MR) is 76.6 cm³/mol. The fourth-order valence-electron chi connectivity index (χ4n) is 1.83. The molecule has 0 unspecified atom stereocenters. The van der Waals surface area contributed by atoms with Gasteiger partial charge >= 0.3 is 5.97 Å². The van der Waals surface area contributed by atoms with E-state index in [-0.39, 0.29) is 22.9 Å². The third-order valence-electron chi connectivity index (χ3n) is 2.85. The topological polar surface area (TPSA) is 113 Å². The van der Waals surface area contributed by atoms with Crippen LogP contribution in [0.5, 0.6) is 0 Å². The lowest BCUT2D eigenvalue weighted by Crippen LogP contribution is -2.12. The average molecular weight is 319 g/mol. The number of aromatic amines is 1. The highest BCUT2D eigenvalue weighted by Crippen LogP contribution is 2.19. The highest BCUT2D eigenvalue weighted by Gasteiger charge is 2.26. The van der Waals surface area contributed by atoms with Crippen molar-refractivity contribution < 1.29 is 17.9 Å². The molecule has 0 saturated heterocycles. The van der Waals surface area contributed by atoms with Gasteiger partial charge in [0.15, 0.2) is 14.9 Å². The number of hydrogen-bond acceptors (Lipinski definition) is 6. The summed E-state index contributed by atoms with van der Waals surface area (Å²) >= 11 is 0. The van der Waals surface area contributed by atoms with E-state index in [9.17, 15) is 13.2 Å². The SMILES string of the molecule is CCOC(=O)c1cn[nH]c1S(=O)(=O)Cc1ccc(C#N)cc1. The molecule has 0 saturated carbocycles. The summed E-state index contributed by atoms with van der Waals surface area (Å²) in [4.78, 5) is 11.7. The molecule has 0 spiro atoms. The van der Waals surface area contributed by atoms with Crippen molar-refractivity contribution in [2.24, 2.45) is 0 Å². The third kappa shape index (κ3) is 3.32. The van der Waals surface area contributed by atoms with E-state index in [0.29, 0.717) is 11.1 Å². The van der Waals surface area contributed by atoms with Crippen molar-refractivity contribution in [2.75, 3.05) is 6.61 Å². The number of H-pyrrole nitrogens is 1. The van der Waals surface area contributed by atoms with Gasteiger partial charge in [0.25, 0.3) is 0 Å². The molecule has 1 N–H and O–H groups in total. The van der Waals surface area contributed by atoms with Crippen LogP contribution in [-0.4, -0.2) is 31.2 Å². The highest BCUT2D eigenvalue weighted by molar-refractivity contribution is 7.90. The van der Waals surface area contributed by atoms with Crippen LogP contribution in [0.4, 0.5) is 0 Å². The van der Waals surface area contributed by atoms with E-state index in [4.69, 9.17) is 10.00 Å². The maximum atomic E-state index is 12.4. The first kappa shape index (κ1) is 15.7. The number of carbonyl (C=O) groups is 1. The number of sulfone groups is 1. The Labute approximate surface area is 127 Å². The van der Waals surface area contributed by atoms with Crippen molar-refractivity contribution in [3.63, 3.8) is 0 Å². The van der Waals surface area contributed by atoms with E-state index in [1.54, 1.807) is 19.1 Å². The second-order valence-corrected chi connectivity index (χ2v) is 6.33. The molecule has 7 nitrogen and oxygen atoms in total. The number of carbonyl (C=O) groups excluding carboxylic acids is 1. The van der Waals surface area contributed by atoms with Gasteiger partial charge in [-0.15, -0.1) is 0 Å². The molecule has 1 aromatic carbocycles. The fourth-order valence-corrected chi connectivity index (χ4v) is 3.27. The molecule has 0 fully saturated rings. The Morgan fingerprint density at radius 2 is 2.05 bits per heavy atom. The minimum atomic E-state index is -3.79. The molecule has 0 atom stereocenters. The first-order valence-corrected chi connectivity index (χ1v) is 8.05. The molecule has 0 aliphatic carbocycles. The summed E-state index contributed by atoms with van der Waals surface area (Å²) in [6.45, 7) is 1.77. The number of nitrogens with one attached hydrogen (secondary N) is 1. The van der Waals surface area contributed by atoms with Crippen LogP contribution in [0.25, 0.3) is 0 Å². The van der Waals surface area contributed by atoms with Crippen LogP contribution in [0.2, 0.25) is 0 Å².